The SMILES string of the molecule is CC1CC(C)NCCCN1. The van der Waals surface area contributed by atoms with Crippen LogP contribution < -0.4 is 10.6 Å². The minimum absolute atomic E-state index is 0.683. The number of rotatable bonds is 0. The molecular formula is C8H18N2. The van der Waals surface area contributed by atoms with Crippen LogP contribution in [0.3, 0.4) is 0 Å². The molecule has 0 radical (unpaired) electrons. The zero-order chi connectivity index (χ0) is 7.40. The standard InChI is InChI=1S/C8H18N2/c1-7-6-8(2)10-5-3-4-9-7/h7-10H,3-6H2,1-2H3. The molecule has 0 bridgehead atoms. The summed E-state index contributed by atoms with van der Waals surface area (Å²) in [5.74, 6) is 0. The fraction of sp³-hybridized carbons (Fsp3) is 1.00. The van der Waals surface area contributed by atoms with Crippen molar-refractivity contribution < 1.29 is 0 Å². The van der Waals surface area contributed by atoms with Gasteiger partial charge in [-0.25, -0.2) is 0 Å². The summed E-state index contributed by atoms with van der Waals surface area (Å²) in [6, 6.07) is 1.37. The van der Waals surface area contributed by atoms with Gasteiger partial charge in [0.2, 0.25) is 0 Å². The van der Waals surface area contributed by atoms with Crippen LogP contribution in [0.2, 0.25) is 0 Å². The molecule has 0 aromatic carbocycles. The molecule has 2 N–H and O–H groups in total. The zero-order valence-electron chi connectivity index (χ0n) is 6.98. The van der Waals surface area contributed by atoms with E-state index in [4.69, 9.17) is 0 Å². The van der Waals surface area contributed by atoms with Crippen molar-refractivity contribution >= 4 is 0 Å². The molecule has 1 saturated heterocycles. The van der Waals surface area contributed by atoms with E-state index in [-0.39, 0.29) is 0 Å². The van der Waals surface area contributed by atoms with Gasteiger partial charge in [0.1, 0.15) is 0 Å². The van der Waals surface area contributed by atoms with E-state index in [0.29, 0.717) is 12.1 Å². The highest BCUT2D eigenvalue weighted by Crippen LogP contribution is 1.99. The third-order valence-electron chi connectivity index (χ3n) is 2.05. The van der Waals surface area contributed by atoms with Crippen molar-refractivity contribution in [3.8, 4) is 0 Å². The van der Waals surface area contributed by atoms with Gasteiger partial charge in [-0.3, -0.25) is 0 Å². The molecule has 1 aliphatic rings. The van der Waals surface area contributed by atoms with Crippen molar-refractivity contribution in [2.75, 3.05) is 13.1 Å². The van der Waals surface area contributed by atoms with Crippen LogP contribution in [0, 0.1) is 0 Å². The summed E-state index contributed by atoms with van der Waals surface area (Å²) in [4.78, 5) is 0. The summed E-state index contributed by atoms with van der Waals surface area (Å²) < 4.78 is 0. The van der Waals surface area contributed by atoms with Crippen LogP contribution in [0.5, 0.6) is 0 Å². The van der Waals surface area contributed by atoms with Gasteiger partial charge in [0, 0.05) is 12.1 Å². The minimum atomic E-state index is 0.683. The van der Waals surface area contributed by atoms with Gasteiger partial charge in [-0.1, -0.05) is 0 Å². The predicted octanol–water partition coefficient (Wildman–Crippen LogP) is 0.736. The van der Waals surface area contributed by atoms with E-state index in [0.717, 1.165) is 0 Å². The van der Waals surface area contributed by atoms with E-state index in [1.807, 2.05) is 0 Å². The second-order valence-electron chi connectivity index (χ2n) is 3.30. The van der Waals surface area contributed by atoms with E-state index in [1.54, 1.807) is 0 Å². The highest BCUT2D eigenvalue weighted by Gasteiger charge is 2.09. The highest BCUT2D eigenvalue weighted by molar-refractivity contribution is 4.72. The molecule has 0 aromatic heterocycles. The molecule has 0 spiro atoms. The topological polar surface area (TPSA) is 24.1 Å². The number of nitrogens with one attached hydrogen (secondary N) is 2. The molecular weight excluding hydrogens is 124 g/mol. The lowest BCUT2D eigenvalue weighted by atomic mass is 10.1. The lowest BCUT2D eigenvalue weighted by Crippen LogP contribution is -2.40. The van der Waals surface area contributed by atoms with Crippen molar-refractivity contribution in [2.24, 2.45) is 0 Å². The molecule has 2 unspecified atom stereocenters. The molecule has 1 rings (SSSR count). The van der Waals surface area contributed by atoms with Gasteiger partial charge >= 0.3 is 0 Å². The first-order valence-electron chi connectivity index (χ1n) is 4.26. The van der Waals surface area contributed by atoms with Gasteiger partial charge in [-0.2, -0.15) is 0 Å². The third-order valence-corrected chi connectivity index (χ3v) is 2.05. The first-order valence-corrected chi connectivity index (χ1v) is 4.26. The van der Waals surface area contributed by atoms with E-state index in [2.05, 4.69) is 24.5 Å². The molecule has 60 valence electrons. The Morgan fingerprint density at radius 2 is 1.50 bits per heavy atom. The van der Waals surface area contributed by atoms with Gasteiger partial charge in [0.25, 0.3) is 0 Å². The van der Waals surface area contributed by atoms with Gasteiger partial charge in [-0.05, 0) is 39.8 Å². The fourth-order valence-electron chi connectivity index (χ4n) is 1.48. The monoisotopic (exact) mass is 142 g/mol. The molecule has 0 saturated carbocycles. The summed E-state index contributed by atoms with van der Waals surface area (Å²) in [6.45, 7) is 6.84. The lowest BCUT2D eigenvalue weighted by molar-refractivity contribution is 0.389. The highest BCUT2D eigenvalue weighted by atomic mass is 15.0. The van der Waals surface area contributed by atoms with Gasteiger partial charge in [0.05, 0.1) is 0 Å². The fourth-order valence-corrected chi connectivity index (χ4v) is 1.48. The maximum Gasteiger partial charge on any atom is 0.00534 e. The van der Waals surface area contributed by atoms with Crippen LogP contribution in [0.25, 0.3) is 0 Å². The molecule has 0 aliphatic carbocycles. The molecule has 0 aromatic rings. The Kier molecular flexibility index (Phi) is 3.16. The molecule has 2 atom stereocenters. The van der Waals surface area contributed by atoms with Crippen LogP contribution >= 0.6 is 0 Å². The van der Waals surface area contributed by atoms with Gasteiger partial charge in [-0.15, -0.1) is 0 Å². The number of hydrogen-bond acceptors (Lipinski definition) is 2. The summed E-state index contributed by atoms with van der Waals surface area (Å²) in [5.41, 5.74) is 0. The van der Waals surface area contributed by atoms with Crippen molar-refractivity contribution in [3.05, 3.63) is 0 Å². The Balaban J connectivity index is 2.25. The maximum absolute atomic E-state index is 3.47. The molecule has 2 heteroatoms. The Morgan fingerprint density at radius 1 is 1.00 bits per heavy atom. The first-order chi connectivity index (χ1) is 4.79. The average molecular weight is 142 g/mol. The minimum Gasteiger partial charge on any atom is -0.314 e. The molecule has 10 heavy (non-hydrogen) atoms. The van der Waals surface area contributed by atoms with Crippen LogP contribution in [0.4, 0.5) is 0 Å². The third kappa shape index (κ3) is 2.67. The summed E-state index contributed by atoms with van der Waals surface area (Å²) in [7, 11) is 0. The van der Waals surface area contributed by atoms with Crippen LogP contribution in [0.1, 0.15) is 26.7 Å². The van der Waals surface area contributed by atoms with E-state index in [1.165, 1.54) is 25.9 Å². The second-order valence-corrected chi connectivity index (χ2v) is 3.30. The smallest absolute Gasteiger partial charge is 0.00534 e. The first kappa shape index (κ1) is 8.02. The van der Waals surface area contributed by atoms with Crippen LogP contribution in [-0.2, 0) is 0 Å². The summed E-state index contributed by atoms with van der Waals surface area (Å²) in [5, 5.41) is 6.95. The summed E-state index contributed by atoms with van der Waals surface area (Å²) in [6.07, 6.45) is 2.51. The molecule has 1 heterocycles. The lowest BCUT2D eigenvalue weighted by Gasteiger charge is -2.23. The van der Waals surface area contributed by atoms with Crippen LogP contribution in [0.15, 0.2) is 0 Å². The number of hydrogen-bond donors (Lipinski definition) is 2. The second kappa shape index (κ2) is 3.94. The Labute approximate surface area is 63.4 Å². The molecule has 2 nitrogen and oxygen atoms in total. The average Bonchev–Trinajstić information content (AvgIpc) is 1.83. The Hall–Kier alpha value is -0.0800. The van der Waals surface area contributed by atoms with Gasteiger partial charge < -0.3 is 10.6 Å². The normalized spacial score (nSPS) is 36.6. The molecule has 1 aliphatic heterocycles. The van der Waals surface area contributed by atoms with E-state index in [9.17, 15) is 0 Å². The van der Waals surface area contributed by atoms with Crippen LogP contribution in [-0.4, -0.2) is 25.2 Å². The Bertz CT molecular complexity index is 83.3. The van der Waals surface area contributed by atoms with Crippen molar-refractivity contribution in [3.63, 3.8) is 0 Å². The largest absolute Gasteiger partial charge is 0.314 e. The van der Waals surface area contributed by atoms with E-state index < -0.39 is 0 Å². The zero-order valence-corrected chi connectivity index (χ0v) is 6.98. The van der Waals surface area contributed by atoms with Crippen molar-refractivity contribution in [1.82, 2.24) is 10.6 Å². The maximum atomic E-state index is 3.47. The van der Waals surface area contributed by atoms with Gasteiger partial charge in [0.15, 0.2) is 0 Å². The quantitative estimate of drug-likeness (QED) is 0.521. The van der Waals surface area contributed by atoms with Crippen molar-refractivity contribution in [1.29, 1.82) is 0 Å². The molecule has 0 amide bonds. The Morgan fingerprint density at radius 3 is 2.00 bits per heavy atom. The summed E-state index contributed by atoms with van der Waals surface area (Å²) >= 11 is 0. The van der Waals surface area contributed by atoms with Crippen molar-refractivity contribution in [2.45, 2.75) is 38.8 Å². The van der Waals surface area contributed by atoms with E-state index >= 15 is 0 Å². The molecule has 1 fully saturated rings. The predicted molar refractivity (Wildman–Crippen MR) is 44.2 cm³/mol.